The molecule has 0 saturated carbocycles. The second kappa shape index (κ2) is 12.0. The van der Waals surface area contributed by atoms with Gasteiger partial charge in [0.05, 0.1) is 6.61 Å². The Balaban J connectivity index is 3.12. The minimum atomic E-state index is -0.175. The predicted octanol–water partition coefficient (Wildman–Crippen LogP) is 4.02. The molecule has 2 nitrogen and oxygen atoms in total. The number of carbonyl (C=O) groups excluding carboxylic acids is 1. The highest BCUT2D eigenvalue weighted by Crippen LogP contribution is 2.04. The fraction of sp³-hybridized carbons (Fsp3) is 0.643. The summed E-state index contributed by atoms with van der Waals surface area (Å²) in [4.78, 5) is 10.5. The van der Waals surface area contributed by atoms with Gasteiger partial charge in [-0.25, -0.2) is 0 Å². The first-order chi connectivity index (χ1) is 7.77. The molecule has 0 aliphatic carbocycles. The van der Waals surface area contributed by atoms with Gasteiger partial charge in [-0.05, 0) is 25.7 Å². The third-order valence-electron chi connectivity index (χ3n) is 2.19. The maximum atomic E-state index is 10.5. The minimum Gasteiger partial charge on any atom is -0.466 e. The Labute approximate surface area is 99.4 Å². The van der Waals surface area contributed by atoms with Gasteiger partial charge in [0.2, 0.25) is 0 Å². The quantitative estimate of drug-likeness (QED) is 0.336. The molecule has 0 N–H and O–H groups in total. The molecule has 0 saturated heterocycles. The summed E-state index contributed by atoms with van der Waals surface area (Å²) in [6, 6.07) is 0. The molecule has 0 fully saturated rings. The fourth-order valence-corrected chi connectivity index (χ4v) is 1.32. The molecular formula is C14H24O2. The van der Waals surface area contributed by atoms with E-state index >= 15 is 0 Å². The van der Waals surface area contributed by atoms with Crippen LogP contribution in [0.4, 0.5) is 0 Å². The molecule has 2 heteroatoms. The van der Waals surface area contributed by atoms with Crippen molar-refractivity contribution in [3.63, 3.8) is 0 Å². The van der Waals surface area contributed by atoms with Crippen LogP contribution in [0.2, 0.25) is 0 Å². The van der Waals surface area contributed by atoms with Gasteiger partial charge in [-0.3, -0.25) is 4.79 Å². The summed E-state index contributed by atoms with van der Waals surface area (Å²) in [6.45, 7) is 4.16. The monoisotopic (exact) mass is 224 g/mol. The van der Waals surface area contributed by atoms with Crippen molar-refractivity contribution in [2.24, 2.45) is 0 Å². The lowest BCUT2D eigenvalue weighted by atomic mass is 10.1. The average molecular weight is 224 g/mol. The van der Waals surface area contributed by atoms with Crippen LogP contribution in [-0.2, 0) is 9.53 Å². The lowest BCUT2D eigenvalue weighted by Gasteiger charge is -2.00. The standard InChI is InChI=1S/C14H24O2/c1-3-4-5-6-7-8-9-10-11-12-13-16-14(2)15/h4-7H,3,8-13H2,1-2H3/b5-4-,7-6-. The molecular weight excluding hydrogens is 200 g/mol. The van der Waals surface area contributed by atoms with Crippen LogP contribution in [0.5, 0.6) is 0 Å². The van der Waals surface area contributed by atoms with Crippen molar-refractivity contribution in [1.29, 1.82) is 0 Å². The van der Waals surface area contributed by atoms with Crippen LogP contribution >= 0.6 is 0 Å². The molecule has 0 atom stereocenters. The van der Waals surface area contributed by atoms with E-state index < -0.39 is 0 Å². The molecule has 16 heavy (non-hydrogen) atoms. The molecule has 0 aliphatic rings. The first kappa shape index (κ1) is 14.9. The van der Waals surface area contributed by atoms with Crippen molar-refractivity contribution < 1.29 is 9.53 Å². The van der Waals surface area contributed by atoms with Crippen LogP contribution in [0.1, 0.15) is 52.4 Å². The molecule has 0 bridgehead atoms. The Hall–Kier alpha value is -1.05. The van der Waals surface area contributed by atoms with E-state index in [1.807, 2.05) is 0 Å². The molecule has 0 aromatic carbocycles. The molecule has 92 valence electrons. The molecule has 0 aromatic rings. The topological polar surface area (TPSA) is 26.3 Å². The molecule has 0 spiro atoms. The molecule has 0 unspecified atom stereocenters. The summed E-state index contributed by atoms with van der Waals surface area (Å²) in [7, 11) is 0. The molecule has 0 amide bonds. The van der Waals surface area contributed by atoms with Crippen molar-refractivity contribution in [2.45, 2.75) is 52.4 Å². The zero-order valence-electron chi connectivity index (χ0n) is 10.6. The van der Waals surface area contributed by atoms with Gasteiger partial charge in [-0.2, -0.15) is 0 Å². The molecule has 0 aliphatic heterocycles. The van der Waals surface area contributed by atoms with Crippen LogP contribution in [0.25, 0.3) is 0 Å². The highest BCUT2D eigenvalue weighted by molar-refractivity contribution is 5.65. The molecule has 0 radical (unpaired) electrons. The number of hydrogen-bond donors (Lipinski definition) is 0. The van der Waals surface area contributed by atoms with Crippen LogP contribution in [-0.4, -0.2) is 12.6 Å². The van der Waals surface area contributed by atoms with Crippen molar-refractivity contribution in [3.8, 4) is 0 Å². The fourth-order valence-electron chi connectivity index (χ4n) is 1.32. The van der Waals surface area contributed by atoms with Crippen LogP contribution in [0, 0.1) is 0 Å². The Kier molecular flexibility index (Phi) is 11.2. The lowest BCUT2D eigenvalue weighted by Crippen LogP contribution is -1.99. The summed E-state index contributed by atoms with van der Waals surface area (Å²) in [5.41, 5.74) is 0. The van der Waals surface area contributed by atoms with Gasteiger partial charge in [-0.15, -0.1) is 0 Å². The predicted molar refractivity (Wildman–Crippen MR) is 68.3 cm³/mol. The zero-order chi connectivity index (χ0) is 12.1. The Morgan fingerprint density at radius 2 is 1.75 bits per heavy atom. The van der Waals surface area contributed by atoms with Gasteiger partial charge in [0.15, 0.2) is 0 Å². The normalized spacial score (nSPS) is 11.4. The van der Waals surface area contributed by atoms with Gasteiger partial charge < -0.3 is 4.74 Å². The van der Waals surface area contributed by atoms with E-state index in [0.29, 0.717) is 6.61 Å². The third-order valence-corrected chi connectivity index (χ3v) is 2.19. The van der Waals surface area contributed by atoms with E-state index in [-0.39, 0.29) is 5.97 Å². The highest BCUT2D eigenvalue weighted by Gasteiger charge is 1.92. The van der Waals surface area contributed by atoms with Gasteiger partial charge in [0.1, 0.15) is 0 Å². The molecule has 0 aromatic heterocycles. The van der Waals surface area contributed by atoms with Crippen LogP contribution < -0.4 is 0 Å². The summed E-state index contributed by atoms with van der Waals surface area (Å²) in [6.07, 6.45) is 15.4. The van der Waals surface area contributed by atoms with Crippen molar-refractivity contribution >= 4 is 5.97 Å². The number of rotatable bonds is 9. The Morgan fingerprint density at radius 3 is 2.44 bits per heavy atom. The number of ether oxygens (including phenoxy) is 1. The van der Waals surface area contributed by atoms with E-state index in [1.165, 1.54) is 19.8 Å². The van der Waals surface area contributed by atoms with Gasteiger partial charge >= 0.3 is 5.97 Å². The number of allylic oxidation sites excluding steroid dienone is 4. The maximum absolute atomic E-state index is 10.5. The summed E-state index contributed by atoms with van der Waals surface area (Å²) in [5, 5.41) is 0. The third kappa shape index (κ3) is 12.9. The first-order valence-electron chi connectivity index (χ1n) is 6.22. The number of hydrogen-bond acceptors (Lipinski definition) is 2. The largest absolute Gasteiger partial charge is 0.466 e. The maximum Gasteiger partial charge on any atom is 0.302 e. The molecule has 0 rings (SSSR count). The van der Waals surface area contributed by atoms with Crippen molar-refractivity contribution in [2.75, 3.05) is 6.61 Å². The number of carbonyl (C=O) groups is 1. The van der Waals surface area contributed by atoms with E-state index in [0.717, 1.165) is 25.7 Å². The Morgan fingerprint density at radius 1 is 1.06 bits per heavy atom. The first-order valence-corrected chi connectivity index (χ1v) is 6.22. The van der Waals surface area contributed by atoms with E-state index in [4.69, 9.17) is 4.74 Å². The highest BCUT2D eigenvalue weighted by atomic mass is 16.5. The van der Waals surface area contributed by atoms with E-state index in [1.54, 1.807) is 0 Å². The lowest BCUT2D eigenvalue weighted by molar-refractivity contribution is -0.141. The summed E-state index contributed by atoms with van der Waals surface area (Å²) < 4.78 is 4.85. The van der Waals surface area contributed by atoms with Crippen LogP contribution in [0.3, 0.4) is 0 Å². The molecule has 0 heterocycles. The SMILES string of the molecule is CC/C=C\C=C/CCCCCCOC(C)=O. The van der Waals surface area contributed by atoms with Crippen LogP contribution in [0.15, 0.2) is 24.3 Å². The number of unbranched alkanes of at least 4 members (excludes halogenated alkanes) is 4. The second-order valence-electron chi connectivity index (χ2n) is 3.81. The van der Waals surface area contributed by atoms with Crippen molar-refractivity contribution in [3.05, 3.63) is 24.3 Å². The summed E-state index contributed by atoms with van der Waals surface area (Å²) >= 11 is 0. The van der Waals surface area contributed by atoms with Gasteiger partial charge in [0.25, 0.3) is 0 Å². The van der Waals surface area contributed by atoms with Gasteiger partial charge in [-0.1, -0.05) is 44.1 Å². The smallest absolute Gasteiger partial charge is 0.302 e. The summed E-state index contributed by atoms with van der Waals surface area (Å²) in [5.74, 6) is -0.175. The van der Waals surface area contributed by atoms with Crippen molar-refractivity contribution in [1.82, 2.24) is 0 Å². The average Bonchev–Trinajstić information content (AvgIpc) is 2.25. The van der Waals surface area contributed by atoms with Gasteiger partial charge in [0, 0.05) is 6.92 Å². The number of esters is 1. The van der Waals surface area contributed by atoms with E-state index in [9.17, 15) is 4.79 Å². The van der Waals surface area contributed by atoms with E-state index in [2.05, 4.69) is 31.2 Å². The Bertz CT molecular complexity index is 217. The second-order valence-corrected chi connectivity index (χ2v) is 3.81. The zero-order valence-corrected chi connectivity index (χ0v) is 10.6. The minimum absolute atomic E-state index is 0.175.